The first-order chi connectivity index (χ1) is 20.8. The van der Waals surface area contributed by atoms with Crippen molar-refractivity contribution in [2.45, 2.75) is 122 Å². The Morgan fingerprint density at radius 3 is 2.34 bits per heavy atom. The molecule has 1 heterocycles. The van der Waals surface area contributed by atoms with Gasteiger partial charge >= 0.3 is 12.1 Å². The Morgan fingerprint density at radius 1 is 1.02 bits per heavy atom. The van der Waals surface area contributed by atoms with Crippen LogP contribution in [0.5, 0.6) is 0 Å². The Bertz CT molecular complexity index is 1260. The molecule has 11 nitrogen and oxygen atoms in total. The number of alkyl carbamates (subject to hydrolysis) is 1. The van der Waals surface area contributed by atoms with Gasteiger partial charge in [0.2, 0.25) is 11.8 Å². The number of aliphatic hydroxyl groups is 1. The maximum Gasteiger partial charge on any atom is 0.408 e. The van der Waals surface area contributed by atoms with Crippen molar-refractivity contribution < 1.29 is 34.1 Å². The standard InChI is InChI=1S/C33H50N4O7/c1-6-20(2)29(37-30(41)26(16-21-12-8-7-9-13-21)36-32(43)44-33(3,4)5)31(42)35-25(27(38)18-28(39)40)17-22-19-34-24-15-11-10-14-23(22)24/h10-11,14-15,19-21,25-27,29,34,38H,6-9,12-13,16-18H2,1-5H3,(H,35,42)(H,36,43)(H,37,41)(H,39,40)/t20?,25-,26-,27?,29-/m0/s1. The Hall–Kier alpha value is -3.60. The highest BCUT2D eigenvalue weighted by atomic mass is 16.6. The lowest BCUT2D eigenvalue weighted by atomic mass is 9.84. The zero-order valence-corrected chi connectivity index (χ0v) is 26.7. The summed E-state index contributed by atoms with van der Waals surface area (Å²) in [5.41, 5.74) is 0.950. The highest BCUT2D eigenvalue weighted by Crippen LogP contribution is 2.28. The van der Waals surface area contributed by atoms with Gasteiger partial charge in [0.25, 0.3) is 0 Å². The van der Waals surface area contributed by atoms with Gasteiger partial charge < -0.3 is 35.9 Å². The van der Waals surface area contributed by atoms with Crippen LogP contribution in [-0.2, 0) is 25.5 Å². The number of carboxylic acid groups (broad SMARTS) is 1. The molecule has 2 aromatic rings. The van der Waals surface area contributed by atoms with Crippen LogP contribution in [0.4, 0.5) is 4.79 Å². The van der Waals surface area contributed by atoms with Crippen LogP contribution in [-0.4, -0.2) is 68.9 Å². The van der Waals surface area contributed by atoms with Crippen molar-refractivity contribution in [3.8, 4) is 0 Å². The zero-order chi connectivity index (χ0) is 32.4. The van der Waals surface area contributed by atoms with E-state index in [0.717, 1.165) is 48.6 Å². The molecule has 3 amide bonds. The Kier molecular flexibility index (Phi) is 12.6. The molecule has 0 spiro atoms. The van der Waals surface area contributed by atoms with Gasteiger partial charge in [-0.2, -0.15) is 0 Å². The lowest BCUT2D eigenvalue weighted by molar-refractivity contribution is -0.140. The molecule has 6 N–H and O–H groups in total. The number of carbonyl (C=O) groups excluding carboxylic acids is 3. The smallest absolute Gasteiger partial charge is 0.408 e. The van der Waals surface area contributed by atoms with Gasteiger partial charge in [-0.15, -0.1) is 0 Å². The number of nitrogens with one attached hydrogen (secondary N) is 4. The predicted octanol–water partition coefficient (Wildman–Crippen LogP) is 4.43. The fraction of sp³-hybridized carbons (Fsp3) is 0.636. The molecule has 5 atom stereocenters. The van der Waals surface area contributed by atoms with E-state index in [1.807, 2.05) is 38.1 Å². The summed E-state index contributed by atoms with van der Waals surface area (Å²) in [6, 6.07) is 4.78. The van der Waals surface area contributed by atoms with Crippen LogP contribution in [0.15, 0.2) is 30.5 Å². The van der Waals surface area contributed by atoms with E-state index in [9.17, 15) is 29.4 Å². The van der Waals surface area contributed by atoms with Gasteiger partial charge in [-0.3, -0.25) is 14.4 Å². The number of para-hydroxylation sites is 1. The number of fused-ring (bicyclic) bond motifs is 1. The van der Waals surface area contributed by atoms with Crippen LogP contribution in [0, 0.1) is 11.8 Å². The number of hydrogen-bond donors (Lipinski definition) is 6. The summed E-state index contributed by atoms with van der Waals surface area (Å²) >= 11 is 0. The average Bonchev–Trinajstić information content (AvgIpc) is 3.36. The van der Waals surface area contributed by atoms with Crippen LogP contribution in [0.1, 0.15) is 91.5 Å². The van der Waals surface area contributed by atoms with E-state index in [0.29, 0.717) is 12.8 Å². The monoisotopic (exact) mass is 614 g/mol. The summed E-state index contributed by atoms with van der Waals surface area (Å²) in [6.07, 6.45) is 5.54. The van der Waals surface area contributed by atoms with Gasteiger partial charge in [-0.1, -0.05) is 70.6 Å². The van der Waals surface area contributed by atoms with Gasteiger partial charge in [0.05, 0.1) is 18.6 Å². The normalized spacial score (nSPS) is 17.6. The second-order valence-electron chi connectivity index (χ2n) is 13.2. The minimum Gasteiger partial charge on any atom is -0.481 e. The summed E-state index contributed by atoms with van der Waals surface area (Å²) in [5, 5.41) is 29.6. The topological polar surface area (TPSA) is 170 Å². The fourth-order valence-electron chi connectivity index (χ4n) is 5.81. The third-order valence-electron chi connectivity index (χ3n) is 8.39. The van der Waals surface area contributed by atoms with Crippen molar-refractivity contribution in [1.29, 1.82) is 0 Å². The van der Waals surface area contributed by atoms with E-state index in [1.54, 1.807) is 27.0 Å². The maximum absolute atomic E-state index is 13.8. The Balaban J connectivity index is 1.81. The summed E-state index contributed by atoms with van der Waals surface area (Å²) in [5.74, 6) is -2.24. The summed E-state index contributed by atoms with van der Waals surface area (Å²) in [6.45, 7) is 8.98. The number of ether oxygens (including phenoxy) is 1. The van der Waals surface area contributed by atoms with Crippen LogP contribution in [0.25, 0.3) is 10.9 Å². The van der Waals surface area contributed by atoms with Crippen molar-refractivity contribution >= 4 is 34.8 Å². The van der Waals surface area contributed by atoms with Crippen LogP contribution in [0.3, 0.4) is 0 Å². The molecule has 1 aromatic carbocycles. The molecule has 0 saturated heterocycles. The van der Waals surface area contributed by atoms with E-state index in [2.05, 4.69) is 20.9 Å². The summed E-state index contributed by atoms with van der Waals surface area (Å²) < 4.78 is 5.43. The number of aliphatic carboxylic acids is 1. The molecule has 0 bridgehead atoms. The molecule has 1 aliphatic rings. The van der Waals surface area contributed by atoms with Crippen molar-refractivity contribution in [1.82, 2.24) is 20.9 Å². The van der Waals surface area contributed by atoms with Crippen molar-refractivity contribution in [2.75, 3.05) is 0 Å². The molecule has 0 aliphatic heterocycles. The largest absolute Gasteiger partial charge is 0.481 e. The molecule has 1 aromatic heterocycles. The second kappa shape index (κ2) is 15.9. The molecule has 1 fully saturated rings. The number of rotatable bonds is 14. The third kappa shape index (κ3) is 10.5. The van der Waals surface area contributed by atoms with Gasteiger partial charge in [-0.05, 0) is 57.1 Å². The molecule has 244 valence electrons. The van der Waals surface area contributed by atoms with E-state index < -0.39 is 60.1 Å². The molecule has 0 radical (unpaired) electrons. The number of aromatic nitrogens is 1. The molecule has 1 saturated carbocycles. The molecule has 2 unspecified atom stereocenters. The fourth-order valence-corrected chi connectivity index (χ4v) is 5.81. The molecule has 44 heavy (non-hydrogen) atoms. The van der Waals surface area contributed by atoms with Crippen molar-refractivity contribution in [2.24, 2.45) is 11.8 Å². The molecular weight excluding hydrogens is 564 g/mol. The highest BCUT2D eigenvalue weighted by Gasteiger charge is 2.34. The van der Waals surface area contributed by atoms with Crippen LogP contribution < -0.4 is 16.0 Å². The molecule has 3 rings (SSSR count). The lowest BCUT2D eigenvalue weighted by Gasteiger charge is -2.31. The van der Waals surface area contributed by atoms with Gasteiger partial charge in [0, 0.05) is 17.1 Å². The summed E-state index contributed by atoms with van der Waals surface area (Å²) in [4.78, 5) is 54.9. The summed E-state index contributed by atoms with van der Waals surface area (Å²) in [7, 11) is 0. The number of amides is 3. The van der Waals surface area contributed by atoms with E-state index in [-0.39, 0.29) is 18.3 Å². The van der Waals surface area contributed by atoms with Crippen LogP contribution in [0.2, 0.25) is 0 Å². The number of H-pyrrole nitrogens is 1. The first kappa shape index (κ1) is 34.9. The van der Waals surface area contributed by atoms with Crippen molar-refractivity contribution in [3.63, 3.8) is 0 Å². The SMILES string of the molecule is CCC(C)[C@H](NC(=O)[C@H](CC1CCCCC1)NC(=O)OC(C)(C)C)C(=O)N[C@@H](Cc1c[nH]c2ccccc12)C(O)CC(=O)O. The van der Waals surface area contributed by atoms with Crippen molar-refractivity contribution in [3.05, 3.63) is 36.0 Å². The number of hydrogen-bond acceptors (Lipinski definition) is 6. The van der Waals surface area contributed by atoms with Gasteiger partial charge in [0.15, 0.2) is 0 Å². The predicted molar refractivity (Wildman–Crippen MR) is 168 cm³/mol. The number of carboxylic acids is 1. The van der Waals surface area contributed by atoms with E-state index in [4.69, 9.17) is 4.74 Å². The quantitative estimate of drug-likeness (QED) is 0.183. The number of benzene rings is 1. The number of aromatic amines is 1. The van der Waals surface area contributed by atoms with E-state index in [1.165, 1.54) is 0 Å². The highest BCUT2D eigenvalue weighted by molar-refractivity contribution is 5.92. The second-order valence-corrected chi connectivity index (χ2v) is 13.2. The minimum absolute atomic E-state index is 0.176. The first-order valence-electron chi connectivity index (χ1n) is 15.8. The first-order valence-corrected chi connectivity index (χ1v) is 15.8. The minimum atomic E-state index is -1.37. The molecule has 11 heteroatoms. The number of aliphatic hydroxyl groups excluding tert-OH is 1. The number of carbonyl (C=O) groups is 4. The molecular formula is C33H50N4O7. The molecule has 1 aliphatic carbocycles. The van der Waals surface area contributed by atoms with E-state index >= 15 is 0 Å². The maximum atomic E-state index is 13.8. The van der Waals surface area contributed by atoms with Crippen LogP contribution >= 0.6 is 0 Å². The zero-order valence-electron chi connectivity index (χ0n) is 26.7. The van der Waals surface area contributed by atoms with Gasteiger partial charge in [0.1, 0.15) is 17.7 Å². The van der Waals surface area contributed by atoms with Gasteiger partial charge in [-0.25, -0.2) is 4.79 Å². The third-order valence-corrected chi connectivity index (χ3v) is 8.39. The lowest BCUT2D eigenvalue weighted by Crippen LogP contribution is -2.58. The average molecular weight is 615 g/mol. The Morgan fingerprint density at radius 2 is 1.70 bits per heavy atom. The Labute approximate surface area is 259 Å².